The summed E-state index contributed by atoms with van der Waals surface area (Å²) in [6.45, 7) is 3.60. The molecule has 1 amide bonds. The van der Waals surface area contributed by atoms with Gasteiger partial charge in [0.15, 0.2) is 0 Å². The van der Waals surface area contributed by atoms with Gasteiger partial charge in [-0.15, -0.1) is 11.3 Å². The van der Waals surface area contributed by atoms with Crippen LogP contribution in [0.5, 0.6) is 11.5 Å². The first kappa shape index (κ1) is 20.1. The van der Waals surface area contributed by atoms with Crippen molar-refractivity contribution in [3.63, 3.8) is 0 Å². The van der Waals surface area contributed by atoms with Crippen molar-refractivity contribution in [2.24, 2.45) is 0 Å². The lowest BCUT2D eigenvalue weighted by Gasteiger charge is -2.07. The van der Waals surface area contributed by atoms with E-state index in [1.165, 1.54) is 0 Å². The maximum absolute atomic E-state index is 12.6. The number of hydrogen-bond acceptors (Lipinski definition) is 6. The van der Waals surface area contributed by atoms with E-state index in [-0.39, 0.29) is 18.1 Å². The van der Waals surface area contributed by atoms with Gasteiger partial charge in [0, 0.05) is 5.56 Å². The van der Waals surface area contributed by atoms with Crippen LogP contribution >= 0.6 is 11.3 Å². The van der Waals surface area contributed by atoms with Crippen LogP contribution < -0.4 is 10.1 Å². The Balaban J connectivity index is 1.75. The smallest absolute Gasteiger partial charge is 0.348 e. The fraction of sp³-hybridized carbons (Fsp3) is 0.136. The van der Waals surface area contributed by atoms with Gasteiger partial charge in [0.25, 0.3) is 5.91 Å². The van der Waals surface area contributed by atoms with Gasteiger partial charge in [0.05, 0.1) is 12.2 Å². The number of carbonyl (C=O) groups excluding carboxylic acids is 2. The summed E-state index contributed by atoms with van der Waals surface area (Å²) in [5.41, 5.74) is 1.16. The predicted octanol–water partition coefficient (Wildman–Crippen LogP) is 5.15. The number of amides is 1. The van der Waals surface area contributed by atoms with E-state index in [0.29, 0.717) is 32.5 Å². The van der Waals surface area contributed by atoms with Gasteiger partial charge in [-0.25, -0.2) is 4.79 Å². The van der Waals surface area contributed by atoms with Gasteiger partial charge in [0.1, 0.15) is 27.4 Å². The first-order valence-electron chi connectivity index (χ1n) is 8.88. The topological polar surface area (TPSA) is 88.4 Å². The number of anilines is 1. The third-order valence-electron chi connectivity index (χ3n) is 4.04. The zero-order valence-electron chi connectivity index (χ0n) is 15.9. The van der Waals surface area contributed by atoms with Crippen molar-refractivity contribution < 1.29 is 19.1 Å². The normalized spacial score (nSPS) is 10.1. The number of para-hydroxylation sites is 1. The van der Waals surface area contributed by atoms with Gasteiger partial charge in [-0.1, -0.05) is 18.2 Å². The average molecular weight is 406 g/mol. The molecule has 1 N–H and O–H groups in total. The monoisotopic (exact) mass is 406 g/mol. The number of nitriles is 1. The number of ether oxygens (including phenoxy) is 2. The van der Waals surface area contributed by atoms with E-state index in [0.717, 1.165) is 11.3 Å². The minimum absolute atomic E-state index is 0.233. The van der Waals surface area contributed by atoms with Crippen LogP contribution in [0.15, 0.2) is 54.6 Å². The molecule has 0 saturated carbocycles. The molecule has 1 heterocycles. The van der Waals surface area contributed by atoms with E-state index in [9.17, 15) is 14.9 Å². The van der Waals surface area contributed by atoms with Gasteiger partial charge in [-0.3, -0.25) is 4.79 Å². The molecule has 0 saturated heterocycles. The zero-order chi connectivity index (χ0) is 20.8. The number of carbonyl (C=O) groups is 2. The van der Waals surface area contributed by atoms with Crippen LogP contribution in [0.2, 0.25) is 0 Å². The van der Waals surface area contributed by atoms with Gasteiger partial charge >= 0.3 is 5.97 Å². The first-order valence-corrected chi connectivity index (χ1v) is 9.70. The fourth-order valence-electron chi connectivity index (χ4n) is 2.60. The van der Waals surface area contributed by atoms with E-state index in [4.69, 9.17) is 9.47 Å². The van der Waals surface area contributed by atoms with Crippen LogP contribution in [0.3, 0.4) is 0 Å². The standard InChI is InChI=1S/C22H18N2O4S/c1-3-27-22(26)19-14(2)18(13-23)21(29-19)24-20(25)15-9-11-17(12-10-15)28-16-7-5-4-6-8-16/h4-12H,3H2,1-2H3,(H,24,25). The lowest BCUT2D eigenvalue weighted by molar-refractivity contribution is 0.0531. The van der Waals surface area contributed by atoms with Crippen LogP contribution in [-0.2, 0) is 4.74 Å². The summed E-state index contributed by atoms with van der Waals surface area (Å²) in [5.74, 6) is 0.407. The summed E-state index contributed by atoms with van der Waals surface area (Å²) >= 11 is 1.03. The highest BCUT2D eigenvalue weighted by Gasteiger charge is 2.22. The Hall–Kier alpha value is -3.63. The lowest BCUT2D eigenvalue weighted by Crippen LogP contribution is -2.11. The van der Waals surface area contributed by atoms with Gasteiger partial charge < -0.3 is 14.8 Å². The quantitative estimate of drug-likeness (QED) is 0.572. The van der Waals surface area contributed by atoms with Crippen molar-refractivity contribution in [2.75, 3.05) is 11.9 Å². The second-order valence-corrected chi connectivity index (χ2v) is 7.01. The highest BCUT2D eigenvalue weighted by molar-refractivity contribution is 7.18. The molecule has 3 rings (SSSR count). The molecular formula is C22H18N2O4S. The van der Waals surface area contributed by atoms with Crippen molar-refractivity contribution in [1.82, 2.24) is 0 Å². The van der Waals surface area contributed by atoms with E-state index < -0.39 is 5.97 Å². The molecule has 29 heavy (non-hydrogen) atoms. The number of thiophene rings is 1. The maximum Gasteiger partial charge on any atom is 0.348 e. The maximum atomic E-state index is 12.6. The number of nitrogens with one attached hydrogen (secondary N) is 1. The molecule has 0 radical (unpaired) electrons. The van der Waals surface area contributed by atoms with E-state index in [2.05, 4.69) is 5.32 Å². The Bertz CT molecular complexity index is 1070. The molecule has 0 aliphatic rings. The number of benzene rings is 2. The molecule has 0 unspecified atom stereocenters. The molecule has 7 heteroatoms. The molecule has 146 valence electrons. The summed E-state index contributed by atoms with van der Waals surface area (Å²) in [7, 11) is 0. The van der Waals surface area contributed by atoms with Crippen LogP contribution in [0, 0.1) is 18.3 Å². The van der Waals surface area contributed by atoms with Crippen molar-refractivity contribution >= 4 is 28.2 Å². The Labute approximate surface area is 172 Å². The molecular weight excluding hydrogens is 388 g/mol. The van der Waals surface area contributed by atoms with Crippen LogP contribution in [0.1, 0.15) is 38.1 Å². The van der Waals surface area contributed by atoms with E-state index in [1.54, 1.807) is 38.1 Å². The fourth-order valence-corrected chi connectivity index (χ4v) is 3.65. The van der Waals surface area contributed by atoms with Crippen molar-refractivity contribution in [1.29, 1.82) is 5.26 Å². The zero-order valence-corrected chi connectivity index (χ0v) is 16.7. The SMILES string of the molecule is CCOC(=O)c1sc(NC(=O)c2ccc(Oc3ccccc3)cc2)c(C#N)c1C. The van der Waals surface area contributed by atoms with Crippen molar-refractivity contribution in [2.45, 2.75) is 13.8 Å². The van der Waals surface area contributed by atoms with Crippen LogP contribution in [0.4, 0.5) is 5.00 Å². The third kappa shape index (κ3) is 4.62. The number of nitrogens with zero attached hydrogens (tertiary/aromatic N) is 1. The molecule has 3 aromatic rings. The third-order valence-corrected chi connectivity index (χ3v) is 5.23. The second kappa shape index (κ2) is 9.04. The summed E-state index contributed by atoms with van der Waals surface area (Å²) < 4.78 is 10.7. The van der Waals surface area contributed by atoms with Crippen molar-refractivity contribution in [3.05, 3.63) is 76.2 Å². The minimum Gasteiger partial charge on any atom is -0.462 e. The van der Waals surface area contributed by atoms with E-state index >= 15 is 0 Å². The van der Waals surface area contributed by atoms with E-state index in [1.807, 2.05) is 36.4 Å². The van der Waals surface area contributed by atoms with Gasteiger partial charge in [-0.2, -0.15) is 5.26 Å². The Morgan fingerprint density at radius 2 is 1.72 bits per heavy atom. The Morgan fingerprint density at radius 1 is 1.07 bits per heavy atom. The molecule has 0 bridgehead atoms. The summed E-state index contributed by atoms with van der Waals surface area (Å²) in [5, 5.41) is 12.5. The Morgan fingerprint density at radius 3 is 2.34 bits per heavy atom. The number of esters is 1. The summed E-state index contributed by atoms with van der Waals surface area (Å²) in [4.78, 5) is 25.0. The Kier molecular flexibility index (Phi) is 6.27. The largest absolute Gasteiger partial charge is 0.462 e. The minimum atomic E-state index is -0.505. The second-order valence-electron chi connectivity index (χ2n) is 5.99. The predicted molar refractivity (Wildman–Crippen MR) is 111 cm³/mol. The molecule has 0 spiro atoms. The number of rotatable bonds is 6. The molecule has 1 aromatic heterocycles. The van der Waals surface area contributed by atoms with Crippen LogP contribution in [-0.4, -0.2) is 18.5 Å². The molecule has 0 aliphatic heterocycles. The highest BCUT2D eigenvalue weighted by Crippen LogP contribution is 2.33. The first-order chi connectivity index (χ1) is 14.0. The molecule has 0 fully saturated rings. The molecule has 6 nitrogen and oxygen atoms in total. The van der Waals surface area contributed by atoms with Gasteiger partial charge in [-0.05, 0) is 55.8 Å². The highest BCUT2D eigenvalue weighted by atomic mass is 32.1. The average Bonchev–Trinajstić information content (AvgIpc) is 3.04. The van der Waals surface area contributed by atoms with Gasteiger partial charge in [0.2, 0.25) is 0 Å². The lowest BCUT2D eigenvalue weighted by atomic mass is 10.1. The molecule has 0 aliphatic carbocycles. The molecule has 0 atom stereocenters. The summed E-state index contributed by atoms with van der Waals surface area (Å²) in [6.07, 6.45) is 0. The molecule has 2 aromatic carbocycles. The summed E-state index contributed by atoms with van der Waals surface area (Å²) in [6, 6.07) is 18.0. The van der Waals surface area contributed by atoms with Crippen LogP contribution in [0.25, 0.3) is 0 Å². The number of hydrogen-bond donors (Lipinski definition) is 1. The van der Waals surface area contributed by atoms with Crippen molar-refractivity contribution in [3.8, 4) is 17.6 Å².